The molecule has 1 aliphatic carbocycles. The third-order valence-electron chi connectivity index (χ3n) is 4.63. The lowest BCUT2D eigenvalue weighted by molar-refractivity contribution is 0.286. The maximum atomic E-state index is 5.94. The van der Waals surface area contributed by atoms with Gasteiger partial charge in [0.05, 0.1) is 0 Å². The minimum atomic E-state index is 0.622. The Labute approximate surface area is 120 Å². The van der Waals surface area contributed by atoms with Crippen molar-refractivity contribution in [2.24, 2.45) is 5.92 Å². The molecule has 1 aromatic carbocycles. The molecule has 1 saturated heterocycles. The molecule has 3 heteroatoms. The van der Waals surface area contributed by atoms with Crippen LogP contribution < -0.4 is 10.6 Å². The molecule has 2 aliphatic rings. The van der Waals surface area contributed by atoms with Crippen LogP contribution in [0.25, 0.3) is 0 Å². The molecule has 0 radical (unpaired) electrons. The van der Waals surface area contributed by atoms with Crippen LogP contribution in [-0.2, 0) is 0 Å². The number of hydrogen-bond donors (Lipinski definition) is 2. The molecule has 3 atom stereocenters. The van der Waals surface area contributed by atoms with Gasteiger partial charge in [-0.2, -0.15) is 0 Å². The minimum absolute atomic E-state index is 0.622. The zero-order chi connectivity index (χ0) is 13.1. The maximum Gasteiger partial charge on any atom is 0.0407 e. The normalized spacial score (nSPS) is 31.3. The molecular weight excluding hydrogens is 256 g/mol. The van der Waals surface area contributed by atoms with Crippen molar-refractivity contribution in [2.45, 2.75) is 50.6 Å². The fraction of sp³-hybridized carbons (Fsp3) is 0.625. The average Bonchev–Trinajstić information content (AvgIpc) is 2.90. The molecule has 1 heterocycles. The molecule has 1 aliphatic heterocycles. The van der Waals surface area contributed by atoms with Crippen molar-refractivity contribution >= 4 is 17.3 Å². The maximum absolute atomic E-state index is 5.94. The van der Waals surface area contributed by atoms with Crippen LogP contribution in [0.15, 0.2) is 24.3 Å². The molecule has 0 bridgehead atoms. The first-order chi connectivity index (χ1) is 9.33. The van der Waals surface area contributed by atoms with Crippen LogP contribution >= 0.6 is 11.6 Å². The van der Waals surface area contributed by atoms with Gasteiger partial charge in [0.25, 0.3) is 0 Å². The fourth-order valence-corrected chi connectivity index (χ4v) is 3.78. The van der Waals surface area contributed by atoms with Crippen molar-refractivity contribution in [1.29, 1.82) is 0 Å². The second-order valence-electron chi connectivity index (χ2n) is 5.91. The number of benzene rings is 1. The second-order valence-corrected chi connectivity index (χ2v) is 6.35. The molecule has 3 rings (SSSR count). The smallest absolute Gasteiger partial charge is 0.0407 e. The lowest BCUT2D eigenvalue weighted by Crippen LogP contribution is -2.44. The van der Waals surface area contributed by atoms with E-state index in [2.05, 4.69) is 22.8 Å². The van der Waals surface area contributed by atoms with Crippen LogP contribution in [0.4, 0.5) is 5.69 Å². The number of halogens is 1. The first kappa shape index (κ1) is 13.3. The van der Waals surface area contributed by atoms with Crippen molar-refractivity contribution in [3.8, 4) is 0 Å². The van der Waals surface area contributed by atoms with Crippen LogP contribution in [0, 0.1) is 5.92 Å². The molecule has 2 N–H and O–H groups in total. The summed E-state index contributed by atoms with van der Waals surface area (Å²) in [5.74, 6) is 0.788. The highest BCUT2D eigenvalue weighted by Gasteiger charge is 2.34. The largest absolute Gasteiger partial charge is 0.382 e. The number of anilines is 1. The van der Waals surface area contributed by atoms with Gasteiger partial charge in [0.1, 0.15) is 0 Å². The van der Waals surface area contributed by atoms with Gasteiger partial charge in [0.15, 0.2) is 0 Å². The van der Waals surface area contributed by atoms with Gasteiger partial charge in [-0.3, -0.25) is 0 Å². The highest BCUT2D eigenvalue weighted by molar-refractivity contribution is 6.30. The summed E-state index contributed by atoms with van der Waals surface area (Å²) in [5, 5.41) is 8.25. The van der Waals surface area contributed by atoms with Crippen molar-refractivity contribution in [1.82, 2.24) is 5.32 Å². The summed E-state index contributed by atoms with van der Waals surface area (Å²) in [4.78, 5) is 0. The zero-order valence-electron chi connectivity index (χ0n) is 11.4. The molecule has 0 amide bonds. The molecular formula is C16H23ClN2. The number of nitrogens with one attached hydrogen (secondary N) is 2. The summed E-state index contributed by atoms with van der Waals surface area (Å²) in [7, 11) is 0. The van der Waals surface area contributed by atoms with Crippen LogP contribution in [0.3, 0.4) is 0 Å². The Morgan fingerprint density at radius 3 is 2.58 bits per heavy atom. The first-order valence-corrected chi connectivity index (χ1v) is 7.96. The Morgan fingerprint density at radius 2 is 1.84 bits per heavy atom. The second kappa shape index (κ2) is 6.15. The predicted molar refractivity (Wildman–Crippen MR) is 81.8 cm³/mol. The van der Waals surface area contributed by atoms with E-state index in [1.54, 1.807) is 0 Å². The van der Waals surface area contributed by atoms with Gasteiger partial charge in [0.2, 0.25) is 0 Å². The van der Waals surface area contributed by atoms with E-state index in [4.69, 9.17) is 11.6 Å². The van der Waals surface area contributed by atoms with E-state index in [-0.39, 0.29) is 0 Å². The molecule has 104 valence electrons. The lowest BCUT2D eigenvalue weighted by Gasteiger charge is -2.33. The van der Waals surface area contributed by atoms with E-state index >= 15 is 0 Å². The summed E-state index contributed by atoms with van der Waals surface area (Å²) in [5.41, 5.74) is 1.21. The minimum Gasteiger partial charge on any atom is -0.382 e. The van der Waals surface area contributed by atoms with E-state index in [1.165, 1.54) is 50.8 Å². The standard InChI is InChI=1S/C16H23ClN2/c17-12-7-9-13(10-8-12)19-16-6-3-4-14(16)15-5-1-2-11-18-15/h7-10,14-16,18-19H,1-6,11H2. The van der Waals surface area contributed by atoms with E-state index in [0.717, 1.165) is 17.0 Å². The van der Waals surface area contributed by atoms with Crippen LogP contribution in [0.5, 0.6) is 0 Å². The molecule has 0 aromatic heterocycles. The number of piperidine rings is 1. The number of rotatable bonds is 3. The third-order valence-corrected chi connectivity index (χ3v) is 4.88. The van der Waals surface area contributed by atoms with Crippen molar-refractivity contribution in [2.75, 3.05) is 11.9 Å². The van der Waals surface area contributed by atoms with Crippen LogP contribution in [0.2, 0.25) is 5.02 Å². The van der Waals surface area contributed by atoms with Crippen molar-refractivity contribution in [3.05, 3.63) is 29.3 Å². The fourth-order valence-electron chi connectivity index (χ4n) is 3.65. The highest BCUT2D eigenvalue weighted by atomic mass is 35.5. The zero-order valence-corrected chi connectivity index (χ0v) is 12.1. The van der Waals surface area contributed by atoms with Gasteiger partial charge in [-0.05, 0) is 62.4 Å². The quantitative estimate of drug-likeness (QED) is 0.871. The molecule has 0 spiro atoms. The van der Waals surface area contributed by atoms with Crippen LogP contribution in [0.1, 0.15) is 38.5 Å². The van der Waals surface area contributed by atoms with E-state index in [9.17, 15) is 0 Å². The SMILES string of the molecule is Clc1ccc(NC2CCCC2C2CCCCN2)cc1. The van der Waals surface area contributed by atoms with Crippen LogP contribution in [-0.4, -0.2) is 18.6 Å². The lowest BCUT2D eigenvalue weighted by atomic mass is 9.88. The van der Waals surface area contributed by atoms with Gasteiger partial charge in [0, 0.05) is 22.8 Å². The molecule has 2 nitrogen and oxygen atoms in total. The Kier molecular flexibility index (Phi) is 4.29. The Morgan fingerprint density at radius 1 is 1.00 bits per heavy atom. The van der Waals surface area contributed by atoms with Gasteiger partial charge in [-0.25, -0.2) is 0 Å². The van der Waals surface area contributed by atoms with Crippen molar-refractivity contribution in [3.63, 3.8) is 0 Å². The van der Waals surface area contributed by atoms with E-state index in [0.29, 0.717) is 6.04 Å². The summed E-state index contributed by atoms with van der Waals surface area (Å²) < 4.78 is 0. The molecule has 1 saturated carbocycles. The Balaban J connectivity index is 1.64. The van der Waals surface area contributed by atoms with E-state index in [1.807, 2.05) is 12.1 Å². The number of hydrogen-bond acceptors (Lipinski definition) is 2. The van der Waals surface area contributed by atoms with Gasteiger partial charge in [-0.15, -0.1) is 0 Å². The third kappa shape index (κ3) is 3.24. The Bertz CT molecular complexity index is 398. The molecule has 1 aromatic rings. The van der Waals surface area contributed by atoms with E-state index < -0.39 is 0 Å². The molecule has 3 unspecified atom stereocenters. The first-order valence-electron chi connectivity index (χ1n) is 7.58. The summed E-state index contributed by atoms with van der Waals surface area (Å²) in [6.07, 6.45) is 8.10. The van der Waals surface area contributed by atoms with Gasteiger partial charge in [-0.1, -0.05) is 24.4 Å². The topological polar surface area (TPSA) is 24.1 Å². The molecule has 19 heavy (non-hydrogen) atoms. The predicted octanol–water partition coefficient (Wildman–Crippen LogP) is 4.06. The van der Waals surface area contributed by atoms with Gasteiger partial charge >= 0.3 is 0 Å². The summed E-state index contributed by atoms with van der Waals surface area (Å²) >= 11 is 5.94. The average molecular weight is 279 g/mol. The monoisotopic (exact) mass is 278 g/mol. The Hall–Kier alpha value is -0.730. The van der Waals surface area contributed by atoms with Gasteiger partial charge < -0.3 is 10.6 Å². The van der Waals surface area contributed by atoms with Crippen molar-refractivity contribution < 1.29 is 0 Å². The molecule has 2 fully saturated rings. The highest BCUT2D eigenvalue weighted by Crippen LogP contribution is 2.33. The summed E-state index contributed by atoms with van der Waals surface area (Å²) in [6.45, 7) is 1.20. The summed E-state index contributed by atoms with van der Waals surface area (Å²) in [6, 6.07) is 9.45.